The zero-order valence-electron chi connectivity index (χ0n) is 31.5. The van der Waals surface area contributed by atoms with Crippen LogP contribution in [0, 0.1) is 0 Å². The van der Waals surface area contributed by atoms with Crippen LogP contribution in [-0.2, 0) is 0 Å². The van der Waals surface area contributed by atoms with Crippen LogP contribution in [0.1, 0.15) is 45.2 Å². The molecule has 9 aromatic rings. The molecule has 0 fully saturated rings. The third kappa shape index (κ3) is 5.62. The van der Waals surface area contributed by atoms with Crippen molar-refractivity contribution in [2.75, 3.05) is 4.90 Å². The summed E-state index contributed by atoms with van der Waals surface area (Å²) in [5.74, 6) is 0.346. The third-order valence-corrected chi connectivity index (χ3v) is 12.1. The van der Waals surface area contributed by atoms with E-state index in [9.17, 15) is 0 Å². The van der Waals surface area contributed by atoms with Crippen molar-refractivity contribution in [3.63, 3.8) is 0 Å². The first-order valence-corrected chi connectivity index (χ1v) is 19.9. The Morgan fingerprint density at radius 2 is 0.491 bits per heavy atom. The maximum atomic E-state index is 2.38. The van der Waals surface area contributed by atoms with Crippen LogP contribution in [0.4, 0.5) is 17.1 Å². The lowest BCUT2D eigenvalue weighted by Crippen LogP contribution is -2.28. The van der Waals surface area contributed by atoms with Crippen LogP contribution in [0.25, 0.3) is 44.5 Å². The van der Waals surface area contributed by atoms with Gasteiger partial charge in [0.2, 0.25) is 0 Å². The van der Waals surface area contributed by atoms with Crippen molar-refractivity contribution in [2.24, 2.45) is 0 Å². The zero-order valence-corrected chi connectivity index (χ0v) is 31.5. The van der Waals surface area contributed by atoms with Crippen molar-refractivity contribution >= 4 is 17.1 Å². The summed E-state index contributed by atoms with van der Waals surface area (Å²) < 4.78 is 0. The van der Waals surface area contributed by atoms with E-state index in [1.807, 2.05) is 0 Å². The molecule has 0 atom stereocenters. The summed E-state index contributed by atoms with van der Waals surface area (Å²) in [5, 5.41) is 0. The van der Waals surface area contributed by atoms with Gasteiger partial charge in [-0.1, -0.05) is 188 Å². The fraction of sp³-hybridized carbons (Fsp3) is 0.0357. The molecule has 0 spiro atoms. The molecule has 0 heterocycles. The first-order chi connectivity index (χ1) is 28.3. The lowest BCUT2D eigenvalue weighted by molar-refractivity contribution is 0.757. The third-order valence-electron chi connectivity index (χ3n) is 12.1. The van der Waals surface area contributed by atoms with Crippen LogP contribution < -0.4 is 4.90 Å². The number of rotatable bonds is 7. The van der Waals surface area contributed by atoms with Gasteiger partial charge in [0.25, 0.3) is 0 Å². The summed E-state index contributed by atoms with van der Waals surface area (Å²) in [6, 6.07) is 82.3. The molecule has 0 unspecified atom stereocenters. The van der Waals surface area contributed by atoms with Gasteiger partial charge in [-0.25, -0.2) is 0 Å². The van der Waals surface area contributed by atoms with Crippen molar-refractivity contribution in [1.82, 2.24) is 0 Å². The van der Waals surface area contributed by atoms with Gasteiger partial charge in [-0.05, 0) is 114 Å². The standard InChI is InChI=1S/C56H39N/c1-4-14-38(15-5-1)40-24-30-44(31-25-40)57(45-32-26-41(27-33-45)39-16-6-2-7-17-39)46-34-28-43(29-35-46)48-37-36-47(42-18-8-3-9-19-42)55-53-49-20-10-12-22-51(49)54(56(48)55)52-23-13-11-21-50(52)53/h1-37,53-54H. The monoisotopic (exact) mass is 725 g/mol. The van der Waals surface area contributed by atoms with Crippen molar-refractivity contribution in [3.8, 4) is 44.5 Å². The van der Waals surface area contributed by atoms with Crippen molar-refractivity contribution in [1.29, 1.82) is 0 Å². The number of hydrogen-bond acceptors (Lipinski definition) is 1. The Morgan fingerprint density at radius 1 is 0.228 bits per heavy atom. The van der Waals surface area contributed by atoms with Crippen LogP contribution in [0.5, 0.6) is 0 Å². The van der Waals surface area contributed by atoms with Crippen LogP contribution in [-0.4, -0.2) is 0 Å². The lowest BCUT2D eigenvalue weighted by Gasteiger charge is -2.44. The topological polar surface area (TPSA) is 3.24 Å². The molecule has 1 heteroatoms. The van der Waals surface area contributed by atoms with Gasteiger partial charge < -0.3 is 4.90 Å². The average Bonchev–Trinajstić information content (AvgIpc) is 3.30. The van der Waals surface area contributed by atoms with Crippen molar-refractivity contribution < 1.29 is 0 Å². The molecule has 268 valence electrons. The van der Waals surface area contributed by atoms with E-state index in [-0.39, 0.29) is 11.8 Å². The molecule has 0 aliphatic heterocycles. The van der Waals surface area contributed by atoms with Gasteiger partial charge in [0, 0.05) is 28.9 Å². The highest BCUT2D eigenvalue weighted by Gasteiger charge is 2.43. The second-order valence-corrected chi connectivity index (χ2v) is 15.2. The fourth-order valence-corrected chi connectivity index (χ4v) is 9.51. The van der Waals surface area contributed by atoms with Gasteiger partial charge in [0.1, 0.15) is 0 Å². The molecule has 3 aliphatic rings. The maximum absolute atomic E-state index is 2.38. The molecule has 0 radical (unpaired) electrons. The molecule has 2 bridgehead atoms. The van der Waals surface area contributed by atoms with Crippen LogP contribution in [0.3, 0.4) is 0 Å². The highest BCUT2D eigenvalue weighted by atomic mass is 15.1. The average molecular weight is 726 g/mol. The molecule has 0 N–H and O–H groups in total. The Hall–Kier alpha value is -7.22. The highest BCUT2D eigenvalue weighted by Crippen LogP contribution is 2.59. The number of benzene rings is 9. The van der Waals surface area contributed by atoms with E-state index >= 15 is 0 Å². The molecular formula is C56H39N. The number of anilines is 3. The first kappa shape index (κ1) is 33.1. The highest BCUT2D eigenvalue weighted by molar-refractivity contribution is 5.87. The predicted molar refractivity (Wildman–Crippen MR) is 238 cm³/mol. The lowest BCUT2D eigenvalue weighted by atomic mass is 9.58. The molecule has 9 aromatic carbocycles. The maximum Gasteiger partial charge on any atom is 0.0462 e. The Labute approximate surface area is 334 Å². The molecule has 0 saturated heterocycles. The molecular weight excluding hydrogens is 687 g/mol. The normalized spacial score (nSPS) is 14.7. The second kappa shape index (κ2) is 13.8. The first-order valence-electron chi connectivity index (χ1n) is 19.9. The molecule has 0 aromatic heterocycles. The summed E-state index contributed by atoms with van der Waals surface area (Å²) in [4.78, 5) is 2.37. The van der Waals surface area contributed by atoms with E-state index in [4.69, 9.17) is 0 Å². The smallest absolute Gasteiger partial charge is 0.0462 e. The SMILES string of the molecule is c1ccc(-c2ccc(N(c3ccc(-c4ccccc4)cc3)c3ccc(-c4ccc(-c5ccccc5)c5c4C4c6ccccc6C5c5ccccc54)cc3)cc2)cc1. The second-order valence-electron chi connectivity index (χ2n) is 15.2. The summed E-state index contributed by atoms with van der Waals surface area (Å²) in [6.07, 6.45) is 0. The van der Waals surface area contributed by atoms with E-state index in [0.29, 0.717) is 0 Å². The van der Waals surface area contributed by atoms with Crippen molar-refractivity contribution in [2.45, 2.75) is 11.8 Å². The van der Waals surface area contributed by atoms with Gasteiger partial charge in [-0.2, -0.15) is 0 Å². The van der Waals surface area contributed by atoms with Gasteiger partial charge in [-0.15, -0.1) is 0 Å². The minimum Gasteiger partial charge on any atom is -0.311 e. The van der Waals surface area contributed by atoms with Gasteiger partial charge in [-0.3, -0.25) is 0 Å². The molecule has 57 heavy (non-hydrogen) atoms. The number of nitrogens with zero attached hydrogens (tertiary/aromatic N) is 1. The van der Waals surface area contributed by atoms with Gasteiger partial charge >= 0.3 is 0 Å². The van der Waals surface area contributed by atoms with E-state index in [2.05, 4.69) is 229 Å². The van der Waals surface area contributed by atoms with E-state index < -0.39 is 0 Å². The van der Waals surface area contributed by atoms with E-state index in [1.165, 1.54) is 77.9 Å². The molecule has 3 aliphatic carbocycles. The van der Waals surface area contributed by atoms with Crippen LogP contribution in [0.15, 0.2) is 224 Å². The summed E-state index contributed by atoms with van der Waals surface area (Å²) in [5.41, 5.74) is 21.9. The Bertz CT molecular complexity index is 2730. The number of hydrogen-bond donors (Lipinski definition) is 0. The summed E-state index contributed by atoms with van der Waals surface area (Å²) in [6.45, 7) is 0. The Morgan fingerprint density at radius 3 is 0.842 bits per heavy atom. The molecule has 12 rings (SSSR count). The van der Waals surface area contributed by atoms with E-state index in [1.54, 1.807) is 0 Å². The van der Waals surface area contributed by atoms with Gasteiger partial charge in [0.15, 0.2) is 0 Å². The van der Waals surface area contributed by atoms with Crippen LogP contribution >= 0.6 is 0 Å². The Balaban J connectivity index is 1.04. The Kier molecular flexibility index (Phi) is 8.03. The fourth-order valence-electron chi connectivity index (χ4n) is 9.51. The largest absolute Gasteiger partial charge is 0.311 e. The van der Waals surface area contributed by atoms with Crippen LogP contribution in [0.2, 0.25) is 0 Å². The molecule has 0 amide bonds. The molecule has 1 nitrogen and oxygen atoms in total. The summed E-state index contributed by atoms with van der Waals surface area (Å²) >= 11 is 0. The predicted octanol–water partition coefficient (Wildman–Crippen LogP) is 14.8. The zero-order chi connectivity index (χ0) is 37.7. The quantitative estimate of drug-likeness (QED) is 0.158. The van der Waals surface area contributed by atoms with Gasteiger partial charge in [0.05, 0.1) is 0 Å². The minimum absolute atomic E-state index is 0.165. The van der Waals surface area contributed by atoms with Crippen molar-refractivity contribution in [3.05, 3.63) is 258 Å². The van der Waals surface area contributed by atoms with E-state index in [0.717, 1.165) is 17.1 Å². The molecule has 0 saturated carbocycles. The minimum atomic E-state index is 0.165. The summed E-state index contributed by atoms with van der Waals surface area (Å²) in [7, 11) is 0.